The number of rotatable bonds is 4. The molecule has 0 aliphatic carbocycles. The van der Waals surface area contributed by atoms with Gasteiger partial charge in [0.05, 0.1) is 0 Å². The van der Waals surface area contributed by atoms with Crippen LogP contribution in [0, 0.1) is 5.41 Å². The van der Waals surface area contributed by atoms with Crippen LogP contribution in [-0.4, -0.2) is 9.98 Å². The van der Waals surface area contributed by atoms with E-state index in [9.17, 15) is 0 Å². The van der Waals surface area contributed by atoms with Crippen molar-refractivity contribution in [1.29, 1.82) is 0 Å². The van der Waals surface area contributed by atoms with Crippen molar-refractivity contribution in [2.45, 2.75) is 53.0 Å². The van der Waals surface area contributed by atoms with Crippen LogP contribution in [0.15, 0.2) is 0 Å². The summed E-state index contributed by atoms with van der Waals surface area (Å²) in [6, 6.07) is 0. The van der Waals surface area contributed by atoms with Gasteiger partial charge in [-0.15, -0.1) is 0 Å². The molecule has 0 amide bonds. The van der Waals surface area contributed by atoms with Gasteiger partial charge < -0.3 is 0 Å². The Labute approximate surface area is 82.2 Å². The molecule has 2 atom stereocenters. The quantitative estimate of drug-likeness (QED) is 0.638. The van der Waals surface area contributed by atoms with Gasteiger partial charge in [0.25, 0.3) is 0 Å². The van der Waals surface area contributed by atoms with E-state index in [2.05, 4.69) is 57.8 Å². The smallest absolute Gasteiger partial charge is 0.0224 e. The van der Waals surface area contributed by atoms with Gasteiger partial charge in [-0.3, -0.25) is 4.44 Å². The molecule has 0 saturated carbocycles. The van der Waals surface area contributed by atoms with Crippen molar-refractivity contribution < 1.29 is 0 Å². The van der Waals surface area contributed by atoms with Crippen LogP contribution >= 0.6 is 18.8 Å². The fourth-order valence-corrected chi connectivity index (χ4v) is 1.57. The molecule has 0 aromatic rings. The van der Waals surface area contributed by atoms with E-state index in [0.717, 1.165) is 0 Å². The van der Waals surface area contributed by atoms with Crippen LogP contribution in [0.5, 0.6) is 0 Å². The van der Waals surface area contributed by atoms with Crippen molar-refractivity contribution >= 4 is 18.8 Å². The first-order chi connectivity index (χ1) is 5.21. The Balaban J connectivity index is 4.23. The fraction of sp³-hybridized carbons (Fsp3) is 1.00. The molecule has 0 aromatic heterocycles. The van der Waals surface area contributed by atoms with E-state index in [1.165, 1.54) is 12.8 Å². The average molecular weight is 207 g/mol. The second-order valence-corrected chi connectivity index (χ2v) is 6.62. The predicted octanol–water partition coefficient (Wildman–Crippen LogP) is 3.47. The maximum Gasteiger partial charge on any atom is 0.0224 e. The lowest BCUT2D eigenvalue weighted by molar-refractivity contribution is 0.203. The van der Waals surface area contributed by atoms with Crippen LogP contribution < -0.4 is 0 Å². The summed E-state index contributed by atoms with van der Waals surface area (Å²) in [6.45, 7) is 11.4. The van der Waals surface area contributed by atoms with Gasteiger partial charge in [0.2, 0.25) is 0 Å². The molecule has 1 nitrogen and oxygen atoms in total. The molecular weight excluding hydrogens is 184 g/mol. The summed E-state index contributed by atoms with van der Waals surface area (Å²) in [7, 11) is 5.45. The highest BCUT2D eigenvalue weighted by atomic mass is 31.1. The lowest BCUT2D eigenvalue weighted by Crippen LogP contribution is -2.35. The highest BCUT2D eigenvalue weighted by Gasteiger charge is 2.29. The number of hydrogen-bond donors (Lipinski definition) is 0. The normalized spacial score (nSPS) is 14.0. The Morgan fingerprint density at radius 1 is 1.08 bits per heavy atom. The molecule has 0 N–H and O–H groups in total. The van der Waals surface area contributed by atoms with E-state index in [4.69, 9.17) is 0 Å². The third-order valence-corrected chi connectivity index (χ3v) is 3.97. The highest BCUT2D eigenvalue weighted by molar-refractivity contribution is 7.31. The van der Waals surface area contributed by atoms with E-state index in [0.29, 0.717) is 5.41 Å². The molecule has 0 aliphatic heterocycles. The molecule has 0 heterocycles. The summed E-state index contributed by atoms with van der Waals surface area (Å²) in [5.41, 5.74) is 0.684. The van der Waals surface area contributed by atoms with Crippen LogP contribution in [0.1, 0.15) is 47.5 Å². The van der Waals surface area contributed by atoms with Gasteiger partial charge in [-0.25, -0.2) is 0 Å². The summed E-state index contributed by atoms with van der Waals surface area (Å²) < 4.78 is 2.14. The first-order valence-corrected chi connectivity index (χ1v) is 5.54. The fourth-order valence-electron chi connectivity index (χ4n) is 1.39. The van der Waals surface area contributed by atoms with Crippen molar-refractivity contribution in [3.63, 3.8) is 0 Å². The molecule has 0 spiro atoms. The van der Waals surface area contributed by atoms with Gasteiger partial charge in [0.15, 0.2) is 0 Å². The topological polar surface area (TPSA) is 3.24 Å². The highest BCUT2D eigenvalue weighted by Crippen LogP contribution is 2.37. The van der Waals surface area contributed by atoms with E-state index in [-0.39, 0.29) is 5.54 Å². The van der Waals surface area contributed by atoms with Gasteiger partial charge >= 0.3 is 0 Å². The molecule has 3 heteroatoms. The van der Waals surface area contributed by atoms with Gasteiger partial charge in [-0.05, 0) is 25.7 Å². The average Bonchev–Trinajstić information content (AvgIpc) is 1.85. The standard InChI is InChI=1S/C9H23NP2/c1-6-8(2,3)7-9(4,5)10(11)12/h6-7,11-12H2,1-5H3. The molecular formula is C9H23NP2. The molecule has 0 fully saturated rings. The van der Waals surface area contributed by atoms with Gasteiger partial charge in [0.1, 0.15) is 0 Å². The molecule has 0 saturated heterocycles. The third-order valence-electron chi connectivity index (χ3n) is 2.57. The van der Waals surface area contributed by atoms with Gasteiger partial charge in [-0.1, -0.05) is 46.0 Å². The SMILES string of the molecule is CCC(C)(C)CC(C)(C)N(P)P. The van der Waals surface area contributed by atoms with Crippen molar-refractivity contribution in [2.75, 3.05) is 0 Å². The number of nitrogens with zero attached hydrogens (tertiary/aromatic N) is 1. The van der Waals surface area contributed by atoms with E-state index in [1.807, 2.05) is 0 Å². The van der Waals surface area contributed by atoms with Crippen LogP contribution in [0.2, 0.25) is 0 Å². The van der Waals surface area contributed by atoms with Crippen LogP contribution in [-0.2, 0) is 0 Å². The van der Waals surface area contributed by atoms with E-state index >= 15 is 0 Å². The summed E-state index contributed by atoms with van der Waals surface area (Å²) in [6.07, 6.45) is 2.45. The first-order valence-electron chi connectivity index (χ1n) is 4.51. The molecule has 74 valence electrons. The molecule has 0 bridgehead atoms. The second-order valence-electron chi connectivity index (χ2n) is 4.91. The summed E-state index contributed by atoms with van der Waals surface area (Å²) in [5.74, 6) is 0. The minimum absolute atomic E-state index is 0.245. The van der Waals surface area contributed by atoms with Gasteiger partial charge in [0, 0.05) is 5.54 Å². The molecule has 0 rings (SSSR count). The zero-order chi connectivity index (χ0) is 9.99. The van der Waals surface area contributed by atoms with Crippen molar-refractivity contribution in [1.82, 2.24) is 4.44 Å². The number of hydrogen-bond acceptors (Lipinski definition) is 1. The molecule has 0 aromatic carbocycles. The first kappa shape index (κ1) is 12.8. The Kier molecular flexibility index (Phi) is 4.66. The zero-order valence-electron chi connectivity index (χ0n) is 9.02. The summed E-state index contributed by atoms with van der Waals surface area (Å²) in [4.78, 5) is 0. The molecule has 0 radical (unpaired) electrons. The maximum atomic E-state index is 2.72. The van der Waals surface area contributed by atoms with E-state index < -0.39 is 0 Å². The zero-order valence-corrected chi connectivity index (χ0v) is 11.3. The Bertz CT molecular complexity index is 141. The van der Waals surface area contributed by atoms with Crippen LogP contribution in [0.3, 0.4) is 0 Å². The van der Waals surface area contributed by atoms with E-state index in [1.54, 1.807) is 0 Å². The summed E-state index contributed by atoms with van der Waals surface area (Å²) in [5, 5.41) is 0. The van der Waals surface area contributed by atoms with Crippen LogP contribution in [0.4, 0.5) is 0 Å². The van der Waals surface area contributed by atoms with Crippen molar-refractivity contribution in [3.05, 3.63) is 0 Å². The molecule has 2 unspecified atom stereocenters. The van der Waals surface area contributed by atoms with Crippen LogP contribution in [0.25, 0.3) is 0 Å². The van der Waals surface area contributed by atoms with Gasteiger partial charge in [-0.2, -0.15) is 0 Å². The minimum Gasteiger partial charge on any atom is -0.266 e. The molecule has 12 heavy (non-hydrogen) atoms. The van der Waals surface area contributed by atoms with Crippen molar-refractivity contribution in [2.24, 2.45) is 5.41 Å². The largest absolute Gasteiger partial charge is 0.266 e. The Hall–Kier alpha value is 0.820. The minimum atomic E-state index is 0.245. The monoisotopic (exact) mass is 207 g/mol. The predicted molar refractivity (Wildman–Crippen MR) is 64.0 cm³/mol. The third kappa shape index (κ3) is 4.17. The Morgan fingerprint density at radius 3 is 1.75 bits per heavy atom. The summed E-state index contributed by atoms with van der Waals surface area (Å²) >= 11 is 0. The lowest BCUT2D eigenvalue weighted by Gasteiger charge is -2.38. The maximum absolute atomic E-state index is 2.72. The molecule has 0 aliphatic rings. The second kappa shape index (κ2) is 4.36. The van der Waals surface area contributed by atoms with Crippen molar-refractivity contribution in [3.8, 4) is 0 Å². The Morgan fingerprint density at radius 2 is 1.50 bits per heavy atom. The lowest BCUT2D eigenvalue weighted by atomic mass is 9.79.